The Kier molecular flexibility index (Phi) is 3.30. The average molecular weight is 244 g/mol. The van der Waals surface area contributed by atoms with Gasteiger partial charge in [0.15, 0.2) is 0 Å². The number of hydrogen-bond donors (Lipinski definition) is 2. The van der Waals surface area contributed by atoms with Gasteiger partial charge >= 0.3 is 0 Å². The third-order valence-corrected chi connectivity index (χ3v) is 2.54. The van der Waals surface area contributed by atoms with E-state index in [1.165, 1.54) is 0 Å². The lowest BCUT2D eigenvalue weighted by Crippen LogP contribution is -2.11. The minimum absolute atomic E-state index is 0.288. The summed E-state index contributed by atoms with van der Waals surface area (Å²) in [5, 5.41) is 3.25. The van der Waals surface area contributed by atoms with Crippen molar-refractivity contribution in [1.29, 1.82) is 0 Å². The fourth-order valence-electron chi connectivity index (χ4n) is 1.39. The summed E-state index contributed by atoms with van der Waals surface area (Å²) in [5.74, 6) is 0. The molecule has 2 aromatic heterocycles. The molecular formula is C12H12N4S. The van der Waals surface area contributed by atoms with E-state index in [1.807, 2.05) is 25.1 Å². The first kappa shape index (κ1) is 11.5. The Bertz CT molecular complexity index is 554. The highest BCUT2D eigenvalue weighted by Gasteiger charge is 2.02. The third-order valence-electron chi connectivity index (χ3n) is 2.33. The molecule has 0 radical (unpaired) electrons. The van der Waals surface area contributed by atoms with Crippen LogP contribution >= 0.6 is 12.2 Å². The van der Waals surface area contributed by atoms with Gasteiger partial charge in [0.05, 0.1) is 17.6 Å². The number of pyridine rings is 2. The van der Waals surface area contributed by atoms with E-state index in [2.05, 4.69) is 15.3 Å². The number of hydrogen-bond acceptors (Lipinski definition) is 4. The summed E-state index contributed by atoms with van der Waals surface area (Å²) in [6.07, 6.45) is 5.20. The van der Waals surface area contributed by atoms with Gasteiger partial charge in [-0.2, -0.15) is 0 Å². The van der Waals surface area contributed by atoms with Crippen LogP contribution in [-0.2, 0) is 0 Å². The Morgan fingerprint density at radius 1 is 1.35 bits per heavy atom. The molecule has 0 atom stereocenters. The largest absolute Gasteiger partial charge is 0.388 e. The van der Waals surface area contributed by atoms with Crippen LogP contribution in [0, 0.1) is 6.92 Å². The normalized spacial score (nSPS) is 9.94. The Morgan fingerprint density at radius 3 is 2.88 bits per heavy atom. The zero-order chi connectivity index (χ0) is 12.3. The summed E-state index contributed by atoms with van der Waals surface area (Å²) in [7, 11) is 0. The van der Waals surface area contributed by atoms with E-state index in [-0.39, 0.29) is 4.99 Å². The first-order valence-corrected chi connectivity index (χ1v) is 5.51. The Labute approximate surface area is 105 Å². The molecule has 4 nitrogen and oxygen atoms in total. The zero-order valence-electron chi connectivity index (χ0n) is 9.34. The van der Waals surface area contributed by atoms with Gasteiger partial charge in [-0.15, -0.1) is 0 Å². The lowest BCUT2D eigenvalue weighted by atomic mass is 10.2. The van der Waals surface area contributed by atoms with Crippen molar-refractivity contribution in [3.63, 3.8) is 0 Å². The van der Waals surface area contributed by atoms with E-state index in [9.17, 15) is 0 Å². The first-order chi connectivity index (χ1) is 8.16. The molecule has 0 amide bonds. The van der Waals surface area contributed by atoms with Crippen LogP contribution in [0.5, 0.6) is 0 Å². The molecule has 0 saturated carbocycles. The number of nitrogens with one attached hydrogen (secondary N) is 1. The molecule has 2 aromatic rings. The standard InChI is InChI=1S/C12H12N4S/c1-8-2-4-14-7-11(8)16-9-3-5-15-10(6-9)12(13)17/h2-7H,1H3,(H2,13,17)(H,15,16). The fraction of sp³-hybridized carbons (Fsp3) is 0.0833. The van der Waals surface area contributed by atoms with Crippen LogP contribution in [0.25, 0.3) is 0 Å². The average Bonchev–Trinajstić information content (AvgIpc) is 2.32. The smallest absolute Gasteiger partial charge is 0.122 e. The molecule has 0 spiro atoms. The van der Waals surface area contributed by atoms with E-state index < -0.39 is 0 Å². The van der Waals surface area contributed by atoms with E-state index in [1.54, 1.807) is 18.6 Å². The lowest BCUT2D eigenvalue weighted by Gasteiger charge is -2.09. The molecular weight excluding hydrogens is 232 g/mol. The molecule has 5 heteroatoms. The van der Waals surface area contributed by atoms with Gasteiger partial charge in [0, 0.05) is 18.1 Å². The first-order valence-electron chi connectivity index (χ1n) is 5.10. The second-order valence-corrected chi connectivity index (χ2v) is 4.05. The van der Waals surface area contributed by atoms with Gasteiger partial charge < -0.3 is 11.1 Å². The third kappa shape index (κ3) is 2.76. The highest BCUT2D eigenvalue weighted by Crippen LogP contribution is 2.18. The van der Waals surface area contributed by atoms with Gasteiger partial charge in [-0.3, -0.25) is 9.97 Å². The van der Waals surface area contributed by atoms with Crippen LogP contribution in [0.2, 0.25) is 0 Å². The molecule has 0 saturated heterocycles. The van der Waals surface area contributed by atoms with Crippen LogP contribution in [-0.4, -0.2) is 15.0 Å². The van der Waals surface area contributed by atoms with Crippen LogP contribution in [0.3, 0.4) is 0 Å². The quantitative estimate of drug-likeness (QED) is 0.810. The molecule has 0 aliphatic rings. The minimum atomic E-state index is 0.288. The number of aryl methyl sites for hydroxylation is 1. The Hall–Kier alpha value is -2.01. The number of anilines is 2. The predicted molar refractivity (Wildman–Crippen MR) is 72.4 cm³/mol. The van der Waals surface area contributed by atoms with E-state index in [4.69, 9.17) is 18.0 Å². The molecule has 0 aliphatic heterocycles. The van der Waals surface area contributed by atoms with Gasteiger partial charge in [-0.25, -0.2) is 0 Å². The van der Waals surface area contributed by atoms with Crippen LogP contribution in [0.1, 0.15) is 11.3 Å². The highest BCUT2D eigenvalue weighted by molar-refractivity contribution is 7.80. The summed E-state index contributed by atoms with van der Waals surface area (Å²) in [4.78, 5) is 8.44. The molecule has 0 unspecified atom stereocenters. The SMILES string of the molecule is Cc1ccncc1Nc1ccnc(C(N)=S)c1. The van der Waals surface area contributed by atoms with Crippen molar-refractivity contribution in [2.75, 3.05) is 5.32 Å². The Morgan fingerprint density at radius 2 is 2.18 bits per heavy atom. The van der Waals surface area contributed by atoms with Crippen molar-refractivity contribution in [3.8, 4) is 0 Å². The molecule has 0 aromatic carbocycles. The summed E-state index contributed by atoms with van der Waals surface area (Å²) < 4.78 is 0. The summed E-state index contributed by atoms with van der Waals surface area (Å²) in [6, 6.07) is 5.61. The topological polar surface area (TPSA) is 63.8 Å². The number of nitrogens with two attached hydrogens (primary N) is 1. The number of aromatic nitrogens is 2. The van der Waals surface area contributed by atoms with E-state index in [0.29, 0.717) is 5.69 Å². The molecule has 0 fully saturated rings. The van der Waals surface area contributed by atoms with E-state index in [0.717, 1.165) is 16.9 Å². The Balaban J connectivity index is 2.28. The number of rotatable bonds is 3. The van der Waals surface area contributed by atoms with Gasteiger partial charge in [0.25, 0.3) is 0 Å². The summed E-state index contributed by atoms with van der Waals surface area (Å²) >= 11 is 4.89. The zero-order valence-corrected chi connectivity index (χ0v) is 10.2. The highest BCUT2D eigenvalue weighted by atomic mass is 32.1. The molecule has 2 heterocycles. The maximum absolute atomic E-state index is 5.53. The maximum atomic E-state index is 5.53. The van der Waals surface area contributed by atoms with Gasteiger partial charge in [0.2, 0.25) is 0 Å². The summed E-state index contributed by atoms with van der Waals surface area (Å²) in [6.45, 7) is 2.01. The second-order valence-electron chi connectivity index (χ2n) is 3.61. The van der Waals surface area contributed by atoms with Gasteiger partial charge in [-0.1, -0.05) is 12.2 Å². The fourth-order valence-corrected chi connectivity index (χ4v) is 1.51. The number of nitrogens with zero attached hydrogens (tertiary/aromatic N) is 2. The molecule has 3 N–H and O–H groups in total. The molecule has 86 valence electrons. The van der Waals surface area contributed by atoms with Crippen molar-refractivity contribution in [2.24, 2.45) is 5.73 Å². The van der Waals surface area contributed by atoms with E-state index >= 15 is 0 Å². The van der Waals surface area contributed by atoms with Crippen LogP contribution in [0.4, 0.5) is 11.4 Å². The van der Waals surface area contributed by atoms with Crippen molar-refractivity contribution >= 4 is 28.6 Å². The summed E-state index contributed by atoms with van der Waals surface area (Å²) in [5.41, 5.74) is 9.10. The molecule has 0 bridgehead atoms. The van der Waals surface area contributed by atoms with Gasteiger partial charge in [-0.05, 0) is 30.7 Å². The van der Waals surface area contributed by atoms with Gasteiger partial charge in [0.1, 0.15) is 4.99 Å². The number of thiocarbonyl (C=S) groups is 1. The molecule has 17 heavy (non-hydrogen) atoms. The molecule has 2 rings (SSSR count). The van der Waals surface area contributed by atoms with Crippen LogP contribution in [0.15, 0.2) is 36.8 Å². The van der Waals surface area contributed by atoms with Crippen molar-refractivity contribution in [2.45, 2.75) is 6.92 Å². The molecule has 0 aliphatic carbocycles. The van der Waals surface area contributed by atoms with Crippen molar-refractivity contribution in [1.82, 2.24) is 9.97 Å². The lowest BCUT2D eigenvalue weighted by molar-refractivity contribution is 1.26. The van der Waals surface area contributed by atoms with Crippen molar-refractivity contribution in [3.05, 3.63) is 48.0 Å². The van der Waals surface area contributed by atoms with Crippen molar-refractivity contribution < 1.29 is 0 Å². The maximum Gasteiger partial charge on any atom is 0.122 e. The second kappa shape index (κ2) is 4.88. The van der Waals surface area contributed by atoms with Crippen LogP contribution < -0.4 is 11.1 Å². The predicted octanol–water partition coefficient (Wildman–Crippen LogP) is 2.16. The minimum Gasteiger partial charge on any atom is -0.388 e. The monoisotopic (exact) mass is 244 g/mol.